The maximum absolute atomic E-state index is 13.1. The third-order valence-electron chi connectivity index (χ3n) is 6.38. The number of nitrogens with zero attached hydrogens (tertiary/aromatic N) is 5. The number of carbonyl (C=O) groups excluding carboxylic acids is 1. The Hall–Kier alpha value is -3.60. The van der Waals surface area contributed by atoms with Gasteiger partial charge in [-0.1, -0.05) is 6.92 Å². The summed E-state index contributed by atoms with van der Waals surface area (Å²) in [6, 6.07) is 4.14. The highest BCUT2D eigenvalue weighted by Crippen LogP contribution is 2.33. The van der Waals surface area contributed by atoms with Crippen molar-refractivity contribution in [3.8, 4) is 0 Å². The number of amides is 1. The second kappa shape index (κ2) is 9.34. The summed E-state index contributed by atoms with van der Waals surface area (Å²) in [5.74, 6) is 0.989. The minimum atomic E-state index is -0.595. The van der Waals surface area contributed by atoms with Crippen LogP contribution < -0.4 is 15.5 Å². The number of aryl methyl sites for hydroxylation is 1. The van der Waals surface area contributed by atoms with Crippen LogP contribution >= 0.6 is 0 Å². The molecule has 178 valence electrons. The lowest BCUT2D eigenvalue weighted by Gasteiger charge is -2.25. The highest BCUT2D eigenvalue weighted by atomic mass is 19.1. The number of H-pyrrole nitrogens is 1. The van der Waals surface area contributed by atoms with E-state index in [9.17, 15) is 14.3 Å². The topological polar surface area (TPSA) is 132 Å². The zero-order valence-corrected chi connectivity index (χ0v) is 18.9. The van der Waals surface area contributed by atoms with Crippen LogP contribution in [0.2, 0.25) is 0 Å². The van der Waals surface area contributed by atoms with Crippen molar-refractivity contribution in [3.05, 3.63) is 47.3 Å². The molecule has 0 bridgehead atoms. The van der Waals surface area contributed by atoms with E-state index in [1.807, 2.05) is 17.9 Å². The van der Waals surface area contributed by atoms with Crippen LogP contribution in [-0.2, 0) is 17.6 Å². The Morgan fingerprint density at radius 3 is 3.00 bits per heavy atom. The molecular formula is C23H27FN8O2. The Labute approximate surface area is 196 Å². The first-order valence-electron chi connectivity index (χ1n) is 11.5. The first-order valence-corrected chi connectivity index (χ1v) is 11.5. The van der Waals surface area contributed by atoms with Gasteiger partial charge in [0.25, 0.3) is 0 Å². The van der Waals surface area contributed by atoms with Gasteiger partial charge in [-0.15, -0.1) is 0 Å². The fourth-order valence-electron chi connectivity index (χ4n) is 4.48. The second-order valence-electron chi connectivity index (χ2n) is 8.78. The van der Waals surface area contributed by atoms with E-state index in [0.29, 0.717) is 36.2 Å². The van der Waals surface area contributed by atoms with E-state index in [0.717, 1.165) is 42.6 Å². The average molecular weight is 467 g/mol. The van der Waals surface area contributed by atoms with Gasteiger partial charge in [-0.25, -0.2) is 9.97 Å². The average Bonchev–Trinajstić information content (AvgIpc) is 3.60. The van der Waals surface area contributed by atoms with E-state index in [1.165, 1.54) is 18.3 Å². The minimum Gasteiger partial charge on any atom is -0.396 e. The molecule has 2 aliphatic rings. The molecular weight excluding hydrogens is 439 g/mol. The van der Waals surface area contributed by atoms with E-state index in [1.54, 1.807) is 0 Å². The number of halogens is 1. The number of fused-ring (bicyclic) bond motifs is 1. The molecule has 0 saturated carbocycles. The molecule has 1 amide bonds. The van der Waals surface area contributed by atoms with Crippen LogP contribution in [-0.4, -0.2) is 55.4 Å². The zero-order valence-electron chi connectivity index (χ0n) is 18.9. The minimum absolute atomic E-state index is 0.0289. The fourth-order valence-corrected chi connectivity index (χ4v) is 4.48. The second-order valence-corrected chi connectivity index (χ2v) is 8.78. The van der Waals surface area contributed by atoms with E-state index < -0.39 is 12.0 Å². The van der Waals surface area contributed by atoms with Crippen LogP contribution in [0.4, 0.5) is 27.7 Å². The summed E-state index contributed by atoms with van der Waals surface area (Å²) in [5.41, 5.74) is 3.34. The predicted octanol–water partition coefficient (Wildman–Crippen LogP) is 2.67. The largest absolute Gasteiger partial charge is 0.396 e. The van der Waals surface area contributed by atoms with Crippen LogP contribution in [0.25, 0.3) is 0 Å². The lowest BCUT2D eigenvalue weighted by Crippen LogP contribution is -2.40. The normalized spacial score (nSPS) is 18.1. The first-order chi connectivity index (χ1) is 16.5. The standard InChI is InChI=1S/C23H27FN8O2/c1-13(12-33)17-10-20(31-30-17)28-21-15-4-2-5-16(15)27-23(29-21)32-9-3-6-18(32)22(34)26-14-7-8-19(24)25-11-14/h7-8,10-11,13,18,33H,2-6,9,12H2,1H3,(H,26,34)(H2,27,28,29,30,31)/t13?,18-/m1/s1. The highest BCUT2D eigenvalue weighted by Gasteiger charge is 2.34. The van der Waals surface area contributed by atoms with Gasteiger partial charge >= 0.3 is 0 Å². The van der Waals surface area contributed by atoms with Gasteiger partial charge in [-0.05, 0) is 44.2 Å². The molecule has 0 radical (unpaired) electrons. The van der Waals surface area contributed by atoms with Crippen molar-refractivity contribution in [1.82, 2.24) is 25.1 Å². The van der Waals surface area contributed by atoms with Crippen molar-refractivity contribution in [3.63, 3.8) is 0 Å². The number of nitrogens with one attached hydrogen (secondary N) is 3. The number of aliphatic hydroxyl groups is 1. The lowest BCUT2D eigenvalue weighted by atomic mass is 10.1. The van der Waals surface area contributed by atoms with E-state index >= 15 is 0 Å². The third kappa shape index (κ3) is 4.43. The summed E-state index contributed by atoms with van der Waals surface area (Å²) in [7, 11) is 0. The SMILES string of the molecule is CC(CO)c1cc(Nc2nc(N3CCC[C@@H]3C(=O)Nc3ccc(F)nc3)nc3c2CCC3)n[nH]1. The number of anilines is 4. The van der Waals surface area contributed by atoms with Crippen molar-refractivity contribution in [2.75, 3.05) is 28.7 Å². The number of carbonyl (C=O) groups is 1. The van der Waals surface area contributed by atoms with Crippen LogP contribution in [0.3, 0.4) is 0 Å². The molecule has 34 heavy (non-hydrogen) atoms. The van der Waals surface area contributed by atoms with Crippen LogP contribution in [0, 0.1) is 5.95 Å². The molecule has 4 heterocycles. The molecule has 2 atom stereocenters. The number of aromatic amines is 1. The Morgan fingerprint density at radius 2 is 2.21 bits per heavy atom. The molecule has 1 aliphatic heterocycles. The molecule has 3 aromatic heterocycles. The summed E-state index contributed by atoms with van der Waals surface area (Å²) in [4.78, 5) is 28.1. The van der Waals surface area contributed by atoms with E-state index in [-0.39, 0.29) is 18.4 Å². The Bertz CT molecular complexity index is 1180. The molecule has 4 N–H and O–H groups in total. The van der Waals surface area contributed by atoms with Gasteiger partial charge in [0.05, 0.1) is 24.2 Å². The van der Waals surface area contributed by atoms with Crippen LogP contribution in [0.1, 0.15) is 49.1 Å². The van der Waals surface area contributed by atoms with Crippen molar-refractivity contribution in [1.29, 1.82) is 0 Å². The highest BCUT2D eigenvalue weighted by molar-refractivity contribution is 5.96. The van der Waals surface area contributed by atoms with E-state index in [2.05, 4.69) is 25.8 Å². The van der Waals surface area contributed by atoms with Crippen molar-refractivity contribution < 1.29 is 14.3 Å². The number of pyridine rings is 1. The maximum Gasteiger partial charge on any atom is 0.247 e. The predicted molar refractivity (Wildman–Crippen MR) is 125 cm³/mol. The number of hydrogen-bond donors (Lipinski definition) is 4. The number of rotatable bonds is 7. The molecule has 10 nitrogen and oxygen atoms in total. The maximum atomic E-state index is 13.1. The number of aromatic nitrogens is 5. The Kier molecular flexibility index (Phi) is 6.10. The molecule has 11 heteroatoms. The third-order valence-corrected chi connectivity index (χ3v) is 6.38. The summed E-state index contributed by atoms with van der Waals surface area (Å²) < 4.78 is 13.1. The van der Waals surface area contributed by atoms with Gasteiger partial charge in [-0.2, -0.15) is 14.5 Å². The quantitative estimate of drug-likeness (QED) is 0.391. The zero-order chi connectivity index (χ0) is 23.7. The molecule has 1 saturated heterocycles. The summed E-state index contributed by atoms with van der Waals surface area (Å²) in [5, 5.41) is 22.8. The molecule has 1 aliphatic carbocycles. The molecule has 1 unspecified atom stereocenters. The van der Waals surface area contributed by atoms with Crippen molar-refractivity contribution >= 4 is 29.2 Å². The van der Waals surface area contributed by atoms with Gasteiger partial charge < -0.3 is 20.6 Å². The molecule has 0 spiro atoms. The summed E-state index contributed by atoms with van der Waals surface area (Å²) in [6.07, 6.45) is 5.55. The Morgan fingerprint density at radius 1 is 1.32 bits per heavy atom. The molecule has 1 fully saturated rings. The number of hydrogen-bond acceptors (Lipinski definition) is 8. The van der Waals surface area contributed by atoms with Gasteiger partial charge in [-0.3, -0.25) is 9.89 Å². The summed E-state index contributed by atoms with van der Waals surface area (Å²) >= 11 is 0. The number of aliphatic hydroxyl groups excluding tert-OH is 1. The van der Waals surface area contributed by atoms with Gasteiger partial charge in [0.2, 0.25) is 17.8 Å². The molecule has 5 rings (SSSR count). The van der Waals surface area contributed by atoms with E-state index in [4.69, 9.17) is 9.97 Å². The summed E-state index contributed by atoms with van der Waals surface area (Å²) in [6.45, 7) is 2.61. The van der Waals surface area contributed by atoms with Crippen LogP contribution in [0.15, 0.2) is 24.4 Å². The van der Waals surface area contributed by atoms with Crippen molar-refractivity contribution in [2.45, 2.75) is 51.0 Å². The Balaban J connectivity index is 1.39. The molecule has 0 aromatic carbocycles. The lowest BCUT2D eigenvalue weighted by molar-refractivity contribution is -0.117. The van der Waals surface area contributed by atoms with Gasteiger partial charge in [0.15, 0.2) is 5.82 Å². The van der Waals surface area contributed by atoms with Gasteiger partial charge in [0.1, 0.15) is 11.9 Å². The smallest absolute Gasteiger partial charge is 0.247 e. The molecule has 3 aromatic rings. The van der Waals surface area contributed by atoms with Crippen LogP contribution in [0.5, 0.6) is 0 Å². The van der Waals surface area contributed by atoms with Crippen molar-refractivity contribution in [2.24, 2.45) is 0 Å². The fraction of sp³-hybridized carbons (Fsp3) is 0.435. The first kappa shape index (κ1) is 22.2. The van der Waals surface area contributed by atoms with Gasteiger partial charge in [0, 0.05) is 29.8 Å². The monoisotopic (exact) mass is 466 g/mol.